The number of carboxylic acids is 1. The molecule has 180 valence electrons. The van der Waals surface area contributed by atoms with Crippen molar-refractivity contribution in [2.24, 2.45) is 0 Å². The number of pyridine rings is 1. The highest BCUT2D eigenvalue weighted by atomic mass is 16.5. The second kappa shape index (κ2) is 10.8. The predicted octanol–water partition coefficient (Wildman–Crippen LogP) is 3.81. The van der Waals surface area contributed by atoms with Crippen molar-refractivity contribution >= 4 is 18.0 Å². The third-order valence-electron chi connectivity index (χ3n) is 6.10. The second-order valence-corrected chi connectivity index (χ2v) is 8.51. The molecule has 1 aromatic heterocycles. The fourth-order valence-electron chi connectivity index (χ4n) is 4.42. The largest absolute Gasteiger partial charge is 0.481 e. The number of nitrogens with zero attached hydrogens (tertiary/aromatic N) is 2. The fraction of sp³-hybridized carbons (Fsp3) is 0.259. The number of aromatic nitrogens is 1. The van der Waals surface area contributed by atoms with E-state index in [0.29, 0.717) is 0 Å². The zero-order valence-corrected chi connectivity index (χ0v) is 19.4. The zero-order chi connectivity index (χ0) is 24.8. The molecule has 0 saturated heterocycles. The number of alkyl carbamates (subject to hydrolysis) is 1. The van der Waals surface area contributed by atoms with Crippen LogP contribution in [-0.4, -0.2) is 52.7 Å². The minimum absolute atomic E-state index is 0.0459. The number of amides is 2. The van der Waals surface area contributed by atoms with Crippen LogP contribution in [0.1, 0.15) is 35.4 Å². The molecule has 35 heavy (non-hydrogen) atoms. The summed E-state index contributed by atoms with van der Waals surface area (Å²) in [5.41, 5.74) is 5.21. The van der Waals surface area contributed by atoms with E-state index in [-0.39, 0.29) is 31.9 Å². The summed E-state index contributed by atoms with van der Waals surface area (Å²) in [7, 11) is 1.60. The Balaban J connectivity index is 1.42. The number of ether oxygens (including phenoxy) is 1. The number of aliphatic carboxylic acids is 1. The molecule has 0 fully saturated rings. The topological polar surface area (TPSA) is 109 Å². The Labute approximate surface area is 203 Å². The van der Waals surface area contributed by atoms with Crippen molar-refractivity contribution in [3.05, 3.63) is 89.7 Å². The van der Waals surface area contributed by atoms with Crippen molar-refractivity contribution < 1.29 is 24.2 Å². The van der Waals surface area contributed by atoms with Gasteiger partial charge in [-0.15, -0.1) is 0 Å². The number of fused-ring (bicyclic) bond motifs is 3. The number of likely N-dealkylation sites (N-methyl/N-ethyl adjacent to an activating group) is 1. The van der Waals surface area contributed by atoms with Gasteiger partial charge in [0.25, 0.3) is 0 Å². The lowest BCUT2D eigenvalue weighted by molar-refractivity contribution is -0.138. The third kappa shape index (κ3) is 5.66. The van der Waals surface area contributed by atoms with Gasteiger partial charge in [-0.05, 0) is 40.3 Å². The van der Waals surface area contributed by atoms with Gasteiger partial charge < -0.3 is 20.1 Å². The van der Waals surface area contributed by atoms with Crippen LogP contribution in [0.3, 0.4) is 0 Å². The number of hydrogen-bond acceptors (Lipinski definition) is 5. The maximum atomic E-state index is 13.0. The van der Waals surface area contributed by atoms with Crippen LogP contribution in [0.25, 0.3) is 11.1 Å². The molecule has 0 bridgehead atoms. The molecular formula is C27H27N3O5. The van der Waals surface area contributed by atoms with Crippen LogP contribution in [-0.2, 0) is 20.9 Å². The number of carbonyl (C=O) groups excluding carboxylic acids is 2. The van der Waals surface area contributed by atoms with Crippen molar-refractivity contribution in [1.82, 2.24) is 15.2 Å². The van der Waals surface area contributed by atoms with Gasteiger partial charge in [0.2, 0.25) is 5.91 Å². The molecule has 1 aliphatic rings. The highest BCUT2D eigenvalue weighted by Crippen LogP contribution is 2.44. The molecule has 0 saturated carbocycles. The van der Waals surface area contributed by atoms with Crippen LogP contribution in [0.4, 0.5) is 4.79 Å². The lowest BCUT2D eigenvalue weighted by atomic mass is 9.98. The molecule has 2 aromatic carbocycles. The molecule has 1 aliphatic carbocycles. The molecule has 1 heterocycles. The standard InChI is InChI=1S/C27H27N3O5/c1-30(16-18-7-6-14-28-15-18)26(33)24(12-13-25(31)32)29-27(34)35-17-23-21-10-4-2-8-19(21)20-9-3-5-11-22(20)23/h2-11,14-15,23-24H,12-13,16-17H2,1H3,(H,29,34)(H,31,32). The van der Waals surface area contributed by atoms with Crippen molar-refractivity contribution in [3.63, 3.8) is 0 Å². The summed E-state index contributed by atoms with van der Waals surface area (Å²) < 4.78 is 5.55. The Kier molecular flexibility index (Phi) is 7.40. The summed E-state index contributed by atoms with van der Waals surface area (Å²) in [5, 5.41) is 11.7. The number of nitrogens with one attached hydrogen (secondary N) is 1. The van der Waals surface area contributed by atoms with Gasteiger partial charge in [0.15, 0.2) is 0 Å². The normalized spacial score (nSPS) is 12.8. The maximum absolute atomic E-state index is 13.0. The van der Waals surface area contributed by atoms with Crippen LogP contribution in [0, 0.1) is 0 Å². The van der Waals surface area contributed by atoms with E-state index >= 15 is 0 Å². The molecular weight excluding hydrogens is 446 g/mol. The Hall–Kier alpha value is -4.20. The number of carbonyl (C=O) groups is 3. The number of benzene rings is 2. The minimum atomic E-state index is -1.05. The van der Waals surface area contributed by atoms with Crippen molar-refractivity contribution in [3.8, 4) is 11.1 Å². The summed E-state index contributed by atoms with van der Waals surface area (Å²) in [5.74, 6) is -1.56. The van der Waals surface area contributed by atoms with Crippen LogP contribution < -0.4 is 5.32 Å². The summed E-state index contributed by atoms with van der Waals surface area (Å²) in [6.07, 6.45) is 2.22. The maximum Gasteiger partial charge on any atom is 0.407 e. The summed E-state index contributed by atoms with van der Waals surface area (Å²) >= 11 is 0. The quantitative estimate of drug-likeness (QED) is 0.489. The van der Waals surface area contributed by atoms with Gasteiger partial charge in [-0.25, -0.2) is 4.79 Å². The average Bonchev–Trinajstić information content (AvgIpc) is 3.19. The van der Waals surface area contributed by atoms with Crippen molar-refractivity contribution in [2.45, 2.75) is 31.3 Å². The zero-order valence-electron chi connectivity index (χ0n) is 19.4. The molecule has 2 N–H and O–H groups in total. The third-order valence-corrected chi connectivity index (χ3v) is 6.10. The Morgan fingerprint density at radius 1 is 1.03 bits per heavy atom. The van der Waals surface area contributed by atoms with Gasteiger partial charge >= 0.3 is 12.1 Å². The highest BCUT2D eigenvalue weighted by molar-refractivity contribution is 5.86. The predicted molar refractivity (Wildman–Crippen MR) is 130 cm³/mol. The first-order chi connectivity index (χ1) is 16.9. The summed E-state index contributed by atoms with van der Waals surface area (Å²) in [6.45, 7) is 0.383. The van der Waals surface area contributed by atoms with Gasteiger partial charge in [0.05, 0.1) is 0 Å². The Morgan fingerprint density at radius 2 is 1.69 bits per heavy atom. The first-order valence-corrected chi connectivity index (χ1v) is 11.4. The van der Waals surface area contributed by atoms with E-state index in [2.05, 4.69) is 10.3 Å². The van der Waals surface area contributed by atoms with Gasteiger partial charge in [-0.2, -0.15) is 0 Å². The summed E-state index contributed by atoms with van der Waals surface area (Å²) in [6, 6.07) is 18.6. The molecule has 3 aromatic rings. The van der Waals surface area contributed by atoms with Gasteiger partial charge in [-0.1, -0.05) is 54.6 Å². The van der Waals surface area contributed by atoms with E-state index in [4.69, 9.17) is 9.84 Å². The lowest BCUT2D eigenvalue weighted by Gasteiger charge is -2.24. The van der Waals surface area contributed by atoms with Gasteiger partial charge in [0.1, 0.15) is 12.6 Å². The van der Waals surface area contributed by atoms with E-state index in [0.717, 1.165) is 27.8 Å². The fourth-order valence-corrected chi connectivity index (χ4v) is 4.42. The van der Waals surface area contributed by atoms with Crippen molar-refractivity contribution in [1.29, 1.82) is 0 Å². The smallest absolute Gasteiger partial charge is 0.407 e. The van der Waals surface area contributed by atoms with Crippen LogP contribution >= 0.6 is 0 Å². The second-order valence-electron chi connectivity index (χ2n) is 8.51. The van der Waals surface area contributed by atoms with Gasteiger partial charge in [0, 0.05) is 38.3 Å². The minimum Gasteiger partial charge on any atom is -0.481 e. The van der Waals surface area contributed by atoms with E-state index < -0.39 is 24.0 Å². The van der Waals surface area contributed by atoms with E-state index in [1.807, 2.05) is 54.6 Å². The number of rotatable bonds is 9. The molecule has 0 aliphatic heterocycles. The Morgan fingerprint density at radius 3 is 2.29 bits per heavy atom. The molecule has 8 heteroatoms. The molecule has 0 radical (unpaired) electrons. The van der Waals surface area contributed by atoms with Crippen molar-refractivity contribution in [2.75, 3.05) is 13.7 Å². The number of carboxylic acid groups (broad SMARTS) is 1. The van der Waals surface area contributed by atoms with Crippen LogP contribution in [0.15, 0.2) is 73.1 Å². The number of hydrogen-bond donors (Lipinski definition) is 2. The average molecular weight is 474 g/mol. The molecule has 8 nitrogen and oxygen atoms in total. The van der Waals surface area contributed by atoms with E-state index in [1.54, 1.807) is 25.5 Å². The molecule has 1 atom stereocenters. The van der Waals surface area contributed by atoms with E-state index in [1.165, 1.54) is 4.90 Å². The first kappa shape index (κ1) is 23.9. The lowest BCUT2D eigenvalue weighted by Crippen LogP contribution is -2.47. The monoisotopic (exact) mass is 473 g/mol. The molecule has 0 spiro atoms. The SMILES string of the molecule is CN(Cc1cccnc1)C(=O)C(CCC(=O)O)NC(=O)OCC1c2ccccc2-c2ccccc21. The van der Waals surface area contributed by atoms with E-state index in [9.17, 15) is 14.4 Å². The first-order valence-electron chi connectivity index (χ1n) is 11.4. The van der Waals surface area contributed by atoms with Crippen LogP contribution in [0.2, 0.25) is 0 Å². The Bertz CT molecular complexity index is 1170. The van der Waals surface area contributed by atoms with Crippen LogP contribution in [0.5, 0.6) is 0 Å². The molecule has 2 amide bonds. The molecule has 4 rings (SSSR count). The summed E-state index contributed by atoms with van der Waals surface area (Å²) in [4.78, 5) is 42.3. The highest BCUT2D eigenvalue weighted by Gasteiger charge is 2.30. The van der Waals surface area contributed by atoms with Gasteiger partial charge in [-0.3, -0.25) is 14.6 Å². The molecule has 1 unspecified atom stereocenters.